The van der Waals surface area contributed by atoms with Crippen molar-refractivity contribution in [3.05, 3.63) is 28.8 Å². The van der Waals surface area contributed by atoms with Gasteiger partial charge in [0.1, 0.15) is 6.07 Å². The van der Waals surface area contributed by atoms with Gasteiger partial charge in [-0.25, -0.2) is 0 Å². The van der Waals surface area contributed by atoms with Crippen LogP contribution in [-0.4, -0.2) is 19.1 Å². The molecule has 4 heteroatoms. The van der Waals surface area contributed by atoms with Crippen LogP contribution in [0.25, 0.3) is 0 Å². The summed E-state index contributed by atoms with van der Waals surface area (Å²) in [6, 6.07) is 7.87. The molecule has 0 aliphatic carbocycles. The third-order valence-corrected chi connectivity index (χ3v) is 3.76. The van der Waals surface area contributed by atoms with E-state index in [4.69, 9.17) is 16.9 Å². The molecule has 2 unspecified atom stereocenters. The van der Waals surface area contributed by atoms with Crippen molar-refractivity contribution in [1.82, 2.24) is 5.32 Å². The Hall–Kier alpha value is -1.24. The third kappa shape index (κ3) is 3.16. The number of benzene rings is 1. The first-order valence-electron chi connectivity index (χ1n) is 6.37. The third-order valence-electron chi connectivity index (χ3n) is 3.53. The number of anilines is 1. The van der Waals surface area contributed by atoms with Crippen LogP contribution in [0.1, 0.15) is 25.3 Å². The van der Waals surface area contributed by atoms with E-state index in [1.165, 1.54) is 12.8 Å². The molecular formula is C14H18ClN3. The Morgan fingerprint density at radius 2 is 2.39 bits per heavy atom. The highest BCUT2D eigenvalue weighted by Gasteiger charge is 2.20. The van der Waals surface area contributed by atoms with Crippen LogP contribution in [0.15, 0.2) is 18.2 Å². The molecule has 1 heterocycles. The fraction of sp³-hybridized carbons (Fsp3) is 0.500. The van der Waals surface area contributed by atoms with E-state index < -0.39 is 0 Å². The van der Waals surface area contributed by atoms with Crippen molar-refractivity contribution in [3.63, 3.8) is 0 Å². The molecule has 0 radical (unpaired) electrons. The second-order valence-electron chi connectivity index (χ2n) is 4.84. The number of halogens is 1. The zero-order chi connectivity index (χ0) is 13.0. The lowest BCUT2D eigenvalue weighted by molar-refractivity contribution is 0.347. The van der Waals surface area contributed by atoms with Crippen molar-refractivity contribution in [2.45, 2.75) is 25.8 Å². The topological polar surface area (TPSA) is 47.9 Å². The highest BCUT2D eigenvalue weighted by molar-refractivity contribution is 6.30. The van der Waals surface area contributed by atoms with E-state index in [2.05, 4.69) is 23.6 Å². The van der Waals surface area contributed by atoms with Crippen LogP contribution in [0.2, 0.25) is 5.02 Å². The molecule has 96 valence electrons. The van der Waals surface area contributed by atoms with E-state index in [9.17, 15) is 0 Å². The van der Waals surface area contributed by atoms with Crippen LogP contribution < -0.4 is 10.6 Å². The van der Waals surface area contributed by atoms with Gasteiger partial charge < -0.3 is 10.6 Å². The van der Waals surface area contributed by atoms with Gasteiger partial charge in [0.15, 0.2) is 0 Å². The molecule has 0 aromatic heterocycles. The van der Waals surface area contributed by atoms with Crippen LogP contribution >= 0.6 is 11.6 Å². The molecular weight excluding hydrogens is 246 g/mol. The molecule has 0 saturated carbocycles. The number of hydrogen-bond acceptors (Lipinski definition) is 3. The molecule has 1 saturated heterocycles. The Morgan fingerprint density at radius 3 is 3.06 bits per heavy atom. The normalized spacial score (nSPS) is 21.1. The molecule has 2 rings (SSSR count). The Bertz CT molecular complexity index is 447. The zero-order valence-electron chi connectivity index (χ0n) is 10.5. The maximum absolute atomic E-state index is 9.09. The summed E-state index contributed by atoms with van der Waals surface area (Å²) in [5, 5.41) is 16.6. The SMILES string of the molecule is CC(Nc1cc(Cl)ccc1C#N)C1CCCNC1. The maximum Gasteiger partial charge on any atom is 0.101 e. The van der Waals surface area contributed by atoms with Crippen LogP contribution in [0.3, 0.4) is 0 Å². The first kappa shape index (κ1) is 13.2. The second kappa shape index (κ2) is 6.08. The van der Waals surface area contributed by atoms with Crippen molar-refractivity contribution in [2.75, 3.05) is 18.4 Å². The second-order valence-corrected chi connectivity index (χ2v) is 5.28. The molecule has 0 spiro atoms. The largest absolute Gasteiger partial charge is 0.381 e. The van der Waals surface area contributed by atoms with Crippen LogP contribution in [-0.2, 0) is 0 Å². The molecule has 1 aromatic carbocycles. The first-order chi connectivity index (χ1) is 8.70. The van der Waals surface area contributed by atoms with Gasteiger partial charge in [0, 0.05) is 11.1 Å². The Balaban J connectivity index is 2.08. The summed E-state index contributed by atoms with van der Waals surface area (Å²) >= 11 is 5.98. The Morgan fingerprint density at radius 1 is 1.56 bits per heavy atom. The number of nitriles is 1. The van der Waals surface area contributed by atoms with Gasteiger partial charge in [-0.2, -0.15) is 5.26 Å². The van der Waals surface area contributed by atoms with Gasteiger partial charge in [-0.3, -0.25) is 0 Å². The average Bonchev–Trinajstić information content (AvgIpc) is 2.40. The maximum atomic E-state index is 9.09. The summed E-state index contributed by atoms with van der Waals surface area (Å²) in [4.78, 5) is 0. The Kier molecular flexibility index (Phi) is 4.46. The molecule has 0 amide bonds. The molecule has 1 aliphatic rings. The molecule has 2 atom stereocenters. The van der Waals surface area contributed by atoms with E-state index in [0.29, 0.717) is 22.5 Å². The summed E-state index contributed by atoms with van der Waals surface area (Å²) in [6.45, 7) is 4.32. The van der Waals surface area contributed by atoms with Crippen LogP contribution in [0.4, 0.5) is 5.69 Å². The van der Waals surface area contributed by atoms with Crippen molar-refractivity contribution in [3.8, 4) is 6.07 Å². The summed E-state index contributed by atoms with van der Waals surface area (Å²) < 4.78 is 0. The zero-order valence-corrected chi connectivity index (χ0v) is 11.3. The summed E-state index contributed by atoms with van der Waals surface area (Å²) in [7, 11) is 0. The van der Waals surface area contributed by atoms with Gasteiger partial charge in [-0.05, 0) is 57.0 Å². The number of nitrogens with one attached hydrogen (secondary N) is 2. The highest BCUT2D eigenvalue weighted by atomic mass is 35.5. The lowest BCUT2D eigenvalue weighted by Gasteiger charge is -2.29. The van der Waals surface area contributed by atoms with E-state index in [0.717, 1.165) is 18.8 Å². The van der Waals surface area contributed by atoms with Crippen LogP contribution in [0.5, 0.6) is 0 Å². The molecule has 1 aromatic rings. The first-order valence-corrected chi connectivity index (χ1v) is 6.75. The highest BCUT2D eigenvalue weighted by Crippen LogP contribution is 2.24. The summed E-state index contributed by atoms with van der Waals surface area (Å²) in [6.07, 6.45) is 2.45. The molecule has 1 aliphatic heterocycles. The Labute approximate surface area is 113 Å². The average molecular weight is 264 g/mol. The van der Waals surface area contributed by atoms with E-state index in [-0.39, 0.29) is 0 Å². The molecule has 0 bridgehead atoms. The number of hydrogen-bond donors (Lipinski definition) is 2. The van der Waals surface area contributed by atoms with Gasteiger partial charge in [0.05, 0.1) is 11.3 Å². The number of nitrogens with zero attached hydrogens (tertiary/aromatic N) is 1. The minimum atomic E-state index is 0.336. The fourth-order valence-electron chi connectivity index (χ4n) is 2.40. The van der Waals surface area contributed by atoms with Crippen molar-refractivity contribution in [2.24, 2.45) is 5.92 Å². The van der Waals surface area contributed by atoms with E-state index in [1.54, 1.807) is 12.1 Å². The molecule has 2 N–H and O–H groups in total. The fourth-order valence-corrected chi connectivity index (χ4v) is 2.57. The van der Waals surface area contributed by atoms with Crippen molar-refractivity contribution in [1.29, 1.82) is 5.26 Å². The van der Waals surface area contributed by atoms with Crippen molar-refractivity contribution < 1.29 is 0 Å². The van der Waals surface area contributed by atoms with Gasteiger partial charge >= 0.3 is 0 Å². The molecule has 18 heavy (non-hydrogen) atoms. The van der Waals surface area contributed by atoms with Gasteiger partial charge in [0.2, 0.25) is 0 Å². The standard InChI is InChI=1S/C14H18ClN3/c1-10(12-3-2-6-17-9-12)18-14-7-13(15)5-4-11(14)8-16/h4-5,7,10,12,17-18H,2-3,6,9H2,1H3. The van der Waals surface area contributed by atoms with Gasteiger partial charge in [0.25, 0.3) is 0 Å². The predicted molar refractivity (Wildman–Crippen MR) is 74.8 cm³/mol. The smallest absolute Gasteiger partial charge is 0.101 e. The lowest BCUT2D eigenvalue weighted by Crippen LogP contribution is -2.38. The minimum absolute atomic E-state index is 0.336. The van der Waals surface area contributed by atoms with Crippen molar-refractivity contribution >= 4 is 17.3 Å². The quantitative estimate of drug-likeness (QED) is 0.881. The predicted octanol–water partition coefficient (Wildman–Crippen LogP) is 3.01. The van der Waals surface area contributed by atoms with Gasteiger partial charge in [-0.15, -0.1) is 0 Å². The molecule has 3 nitrogen and oxygen atoms in total. The number of piperidine rings is 1. The lowest BCUT2D eigenvalue weighted by atomic mass is 9.92. The molecule has 1 fully saturated rings. The van der Waals surface area contributed by atoms with E-state index in [1.807, 2.05) is 6.07 Å². The van der Waals surface area contributed by atoms with Crippen LogP contribution in [0, 0.1) is 17.2 Å². The summed E-state index contributed by atoms with van der Waals surface area (Å²) in [5.74, 6) is 0.601. The van der Waals surface area contributed by atoms with Gasteiger partial charge in [-0.1, -0.05) is 11.6 Å². The van der Waals surface area contributed by atoms with E-state index >= 15 is 0 Å². The summed E-state index contributed by atoms with van der Waals surface area (Å²) in [5.41, 5.74) is 1.48. The monoisotopic (exact) mass is 263 g/mol. The number of rotatable bonds is 3. The minimum Gasteiger partial charge on any atom is -0.381 e.